The summed E-state index contributed by atoms with van der Waals surface area (Å²) >= 11 is 0. The van der Waals surface area contributed by atoms with Crippen LogP contribution in [-0.2, 0) is 20.7 Å². The minimum absolute atomic E-state index is 0.116. The highest BCUT2D eigenvalue weighted by Gasteiger charge is 2.37. The number of ether oxygens (including phenoxy) is 2. The van der Waals surface area contributed by atoms with Crippen molar-refractivity contribution in [2.24, 2.45) is 0 Å². The van der Waals surface area contributed by atoms with Crippen LogP contribution in [0.4, 0.5) is 10.5 Å². The van der Waals surface area contributed by atoms with E-state index in [1.54, 1.807) is 69.3 Å². The number of anilines is 1. The van der Waals surface area contributed by atoms with Crippen LogP contribution in [0.5, 0.6) is 5.75 Å². The first kappa shape index (κ1) is 31.7. The summed E-state index contributed by atoms with van der Waals surface area (Å²) in [6.45, 7) is 4.50. The Morgan fingerprint density at radius 3 is 2.21 bits per heavy atom. The van der Waals surface area contributed by atoms with Crippen LogP contribution in [0.25, 0.3) is 0 Å². The molecule has 3 rings (SSSR count). The molecule has 9 nitrogen and oxygen atoms in total. The van der Waals surface area contributed by atoms with Crippen LogP contribution >= 0.6 is 0 Å². The summed E-state index contributed by atoms with van der Waals surface area (Å²) in [5, 5.41) is 15.6. The van der Waals surface area contributed by atoms with E-state index in [4.69, 9.17) is 15.9 Å². The fourth-order valence-electron chi connectivity index (χ4n) is 4.38. The number of carbonyl (C=O) groups is 3. The molecule has 0 radical (unpaired) electrons. The van der Waals surface area contributed by atoms with Crippen molar-refractivity contribution in [1.29, 1.82) is 0 Å². The molecule has 3 N–H and O–H groups in total. The lowest BCUT2D eigenvalue weighted by Gasteiger charge is -2.34. The predicted molar refractivity (Wildman–Crippen MR) is 161 cm³/mol. The summed E-state index contributed by atoms with van der Waals surface area (Å²) in [6.07, 6.45) is 5.12. The van der Waals surface area contributed by atoms with E-state index in [0.29, 0.717) is 22.6 Å². The molecular weight excluding hydrogens is 534 g/mol. The molecule has 2 atom stereocenters. The van der Waals surface area contributed by atoms with Crippen molar-refractivity contribution in [3.05, 3.63) is 95.6 Å². The van der Waals surface area contributed by atoms with Gasteiger partial charge in [0.15, 0.2) is 0 Å². The van der Waals surface area contributed by atoms with E-state index in [0.717, 1.165) is 5.56 Å². The lowest BCUT2D eigenvalue weighted by atomic mass is 9.96. The van der Waals surface area contributed by atoms with Gasteiger partial charge in [-0.1, -0.05) is 54.5 Å². The quantitative estimate of drug-likeness (QED) is 0.295. The van der Waals surface area contributed by atoms with Crippen LogP contribution < -0.4 is 15.4 Å². The number of methoxy groups -OCH3 is 1. The molecule has 2 unspecified atom stereocenters. The molecule has 0 heterocycles. The lowest BCUT2D eigenvalue weighted by molar-refractivity contribution is -0.141. The molecule has 0 aliphatic heterocycles. The maximum absolute atomic E-state index is 14.3. The molecule has 0 fully saturated rings. The summed E-state index contributed by atoms with van der Waals surface area (Å²) in [5.41, 5.74) is 1.24. The van der Waals surface area contributed by atoms with Gasteiger partial charge in [-0.15, -0.1) is 6.42 Å². The van der Waals surface area contributed by atoms with E-state index in [2.05, 4.69) is 16.6 Å². The molecule has 220 valence electrons. The first-order chi connectivity index (χ1) is 20.1. The first-order valence-corrected chi connectivity index (χ1v) is 13.5. The number of terminal acetylenes is 1. The largest absolute Gasteiger partial charge is 0.497 e. The fraction of sp³-hybridized carbons (Fsp3) is 0.303. The summed E-state index contributed by atoms with van der Waals surface area (Å²) < 4.78 is 10.6. The average Bonchev–Trinajstić information content (AvgIpc) is 2.96. The van der Waals surface area contributed by atoms with Gasteiger partial charge < -0.3 is 30.1 Å². The highest BCUT2D eigenvalue weighted by molar-refractivity contribution is 5.99. The summed E-state index contributed by atoms with van der Waals surface area (Å²) in [4.78, 5) is 42.3. The van der Waals surface area contributed by atoms with Gasteiger partial charge in [-0.3, -0.25) is 9.59 Å². The normalized spacial score (nSPS) is 12.3. The van der Waals surface area contributed by atoms with Gasteiger partial charge in [0.2, 0.25) is 5.91 Å². The molecule has 0 aromatic heterocycles. The van der Waals surface area contributed by atoms with E-state index < -0.39 is 42.2 Å². The smallest absolute Gasteiger partial charge is 0.408 e. The second-order valence-electron chi connectivity index (χ2n) is 10.5. The third-order valence-corrected chi connectivity index (χ3v) is 6.22. The molecular formula is C33H37N3O6. The van der Waals surface area contributed by atoms with Gasteiger partial charge in [-0.05, 0) is 62.2 Å². The molecule has 0 saturated carbocycles. The standard InChI is InChI=1S/C33H37N3O6/c1-6-24-14-10-11-15-27(24)29(30(38)34-25-16-18-26(41-5)19-17-25)36(20-21-37)31(39)28(22-23-12-8-7-9-13-23)35-32(40)42-33(2,3)4/h1,7-19,28-29,37H,20-22H2,2-5H3,(H,34,38)(H,35,40). The number of hydrogen-bond acceptors (Lipinski definition) is 6. The van der Waals surface area contributed by atoms with Crippen LogP contribution in [0, 0.1) is 12.3 Å². The van der Waals surface area contributed by atoms with Gasteiger partial charge in [-0.25, -0.2) is 4.79 Å². The average molecular weight is 572 g/mol. The van der Waals surface area contributed by atoms with E-state index in [-0.39, 0.29) is 13.0 Å². The zero-order valence-corrected chi connectivity index (χ0v) is 24.3. The highest BCUT2D eigenvalue weighted by atomic mass is 16.6. The van der Waals surface area contributed by atoms with Gasteiger partial charge in [0.25, 0.3) is 5.91 Å². The van der Waals surface area contributed by atoms with Crippen LogP contribution in [-0.4, -0.2) is 59.8 Å². The minimum Gasteiger partial charge on any atom is -0.497 e. The number of benzene rings is 3. The monoisotopic (exact) mass is 571 g/mol. The Bertz CT molecular complexity index is 1390. The second kappa shape index (κ2) is 14.7. The molecule has 0 aliphatic carbocycles. The maximum atomic E-state index is 14.3. The molecule has 3 aromatic rings. The van der Waals surface area contributed by atoms with Crippen molar-refractivity contribution < 1.29 is 29.0 Å². The third kappa shape index (κ3) is 8.85. The third-order valence-electron chi connectivity index (χ3n) is 6.22. The molecule has 0 aliphatic rings. The van der Waals surface area contributed by atoms with Gasteiger partial charge in [0, 0.05) is 24.2 Å². The Morgan fingerprint density at radius 2 is 1.62 bits per heavy atom. The Hall–Kier alpha value is -4.81. The van der Waals surface area contributed by atoms with Crippen molar-refractivity contribution in [2.75, 3.05) is 25.6 Å². The zero-order valence-electron chi connectivity index (χ0n) is 24.3. The van der Waals surface area contributed by atoms with Crippen molar-refractivity contribution >= 4 is 23.6 Å². The van der Waals surface area contributed by atoms with Gasteiger partial charge in [0.05, 0.1) is 13.7 Å². The van der Waals surface area contributed by atoms with E-state index >= 15 is 0 Å². The molecule has 0 spiro atoms. The number of alkyl carbamates (subject to hydrolysis) is 1. The molecule has 42 heavy (non-hydrogen) atoms. The SMILES string of the molecule is C#Cc1ccccc1C(C(=O)Nc1ccc(OC)cc1)N(CCO)C(=O)C(Cc1ccccc1)NC(=O)OC(C)(C)C. The Morgan fingerprint density at radius 1 is 0.976 bits per heavy atom. The number of aliphatic hydroxyl groups excluding tert-OH is 1. The zero-order chi connectivity index (χ0) is 30.7. The van der Waals surface area contributed by atoms with Crippen LogP contribution in [0.1, 0.15) is 43.5 Å². The van der Waals surface area contributed by atoms with Crippen molar-refractivity contribution in [2.45, 2.75) is 44.9 Å². The summed E-state index contributed by atoms with van der Waals surface area (Å²) in [6, 6.07) is 20.3. The van der Waals surface area contributed by atoms with Crippen molar-refractivity contribution in [3.8, 4) is 18.1 Å². The minimum atomic E-state index is -1.24. The molecule has 9 heteroatoms. The second-order valence-corrected chi connectivity index (χ2v) is 10.5. The van der Waals surface area contributed by atoms with Crippen molar-refractivity contribution in [1.82, 2.24) is 10.2 Å². The molecule has 0 bridgehead atoms. The Kier molecular flexibility index (Phi) is 11.1. The fourth-order valence-corrected chi connectivity index (χ4v) is 4.38. The molecule has 3 aromatic carbocycles. The Labute approximate surface area is 246 Å². The van der Waals surface area contributed by atoms with Gasteiger partial charge in [0.1, 0.15) is 23.4 Å². The van der Waals surface area contributed by atoms with Crippen LogP contribution in [0.3, 0.4) is 0 Å². The number of nitrogens with zero attached hydrogens (tertiary/aromatic N) is 1. The maximum Gasteiger partial charge on any atom is 0.408 e. The number of amides is 3. The van der Waals surface area contributed by atoms with E-state index in [1.165, 1.54) is 12.0 Å². The van der Waals surface area contributed by atoms with Crippen LogP contribution in [0.15, 0.2) is 78.9 Å². The number of rotatable bonds is 11. The number of nitrogens with one attached hydrogen (secondary N) is 2. The van der Waals surface area contributed by atoms with Gasteiger partial charge >= 0.3 is 6.09 Å². The predicted octanol–water partition coefficient (Wildman–Crippen LogP) is 4.31. The van der Waals surface area contributed by atoms with E-state index in [1.807, 2.05) is 30.3 Å². The summed E-state index contributed by atoms with van der Waals surface area (Å²) in [7, 11) is 1.54. The first-order valence-electron chi connectivity index (χ1n) is 13.5. The molecule has 0 saturated heterocycles. The van der Waals surface area contributed by atoms with Crippen LogP contribution in [0.2, 0.25) is 0 Å². The van der Waals surface area contributed by atoms with Crippen molar-refractivity contribution in [3.63, 3.8) is 0 Å². The summed E-state index contributed by atoms with van der Waals surface area (Å²) in [5.74, 6) is 2.04. The van der Waals surface area contributed by atoms with E-state index in [9.17, 15) is 19.5 Å². The number of hydrogen-bond donors (Lipinski definition) is 3. The number of carbonyl (C=O) groups excluding carboxylic acids is 3. The number of aliphatic hydroxyl groups is 1. The lowest BCUT2D eigenvalue weighted by Crippen LogP contribution is -2.54. The Balaban J connectivity index is 2.06. The molecule has 3 amide bonds. The highest BCUT2D eigenvalue weighted by Crippen LogP contribution is 2.28. The topological polar surface area (TPSA) is 117 Å². The van der Waals surface area contributed by atoms with Gasteiger partial charge in [-0.2, -0.15) is 0 Å².